The Balaban J connectivity index is 1.83. The van der Waals surface area contributed by atoms with Gasteiger partial charge in [-0.25, -0.2) is 0 Å². The van der Waals surface area contributed by atoms with Gasteiger partial charge in [0, 0.05) is 25.1 Å². The number of ketones is 1. The van der Waals surface area contributed by atoms with E-state index in [1.807, 2.05) is 18.2 Å². The number of hydrogen-bond donors (Lipinski definition) is 4. The second-order valence-electron chi connectivity index (χ2n) is 5.40. The van der Waals surface area contributed by atoms with E-state index in [0.717, 1.165) is 0 Å². The van der Waals surface area contributed by atoms with Crippen LogP contribution in [-0.2, 0) is 0 Å². The summed E-state index contributed by atoms with van der Waals surface area (Å²) in [4.78, 5) is 23.1. The van der Waals surface area contributed by atoms with Crippen LogP contribution in [0.1, 0.15) is 38.8 Å². The van der Waals surface area contributed by atoms with E-state index in [4.69, 9.17) is 5.73 Å². The number of hydrogen-bond acceptors (Lipinski definition) is 5. The highest BCUT2D eigenvalue weighted by Crippen LogP contribution is 2.21. The zero-order valence-corrected chi connectivity index (χ0v) is 13.1. The molecule has 0 aliphatic carbocycles. The molecule has 0 saturated carbocycles. The number of phenols is 1. The maximum Gasteiger partial charge on any atom is 0.252 e. The molecule has 24 heavy (non-hydrogen) atoms. The zero-order chi connectivity index (χ0) is 17.5. The molecule has 2 aromatic carbocycles. The predicted octanol–water partition coefficient (Wildman–Crippen LogP) is 1.39. The van der Waals surface area contributed by atoms with Crippen molar-refractivity contribution in [2.45, 2.75) is 12.5 Å². The van der Waals surface area contributed by atoms with Gasteiger partial charge in [-0.05, 0) is 17.7 Å². The van der Waals surface area contributed by atoms with Crippen LogP contribution in [-0.4, -0.2) is 35.0 Å². The summed E-state index contributed by atoms with van der Waals surface area (Å²) in [6, 6.07) is 13.2. The van der Waals surface area contributed by atoms with Crippen LogP contribution >= 0.6 is 0 Å². The van der Waals surface area contributed by atoms with E-state index in [9.17, 15) is 19.8 Å². The quantitative estimate of drug-likeness (QED) is 0.432. The SMILES string of the molecule is NC(=O)c1cc(C(O)CNCCC(=O)c2ccccc2)ccc1O. The minimum absolute atomic E-state index is 0.0261. The van der Waals surface area contributed by atoms with Gasteiger partial charge in [-0.3, -0.25) is 9.59 Å². The van der Waals surface area contributed by atoms with Gasteiger partial charge in [-0.2, -0.15) is 0 Å². The molecular weight excluding hydrogens is 308 g/mol. The van der Waals surface area contributed by atoms with Crippen molar-refractivity contribution < 1.29 is 19.8 Å². The molecule has 1 unspecified atom stereocenters. The van der Waals surface area contributed by atoms with E-state index < -0.39 is 12.0 Å². The summed E-state index contributed by atoms with van der Waals surface area (Å²) in [6.07, 6.45) is -0.561. The first-order chi connectivity index (χ1) is 11.5. The number of Topliss-reactive ketones (excluding diaryl/α,β-unsaturated/α-hetero) is 1. The summed E-state index contributed by atoms with van der Waals surface area (Å²) in [5, 5.41) is 22.7. The van der Waals surface area contributed by atoms with Crippen LogP contribution in [0.15, 0.2) is 48.5 Å². The normalized spacial score (nSPS) is 11.9. The number of carbonyl (C=O) groups is 2. The number of nitrogens with two attached hydrogens (primary N) is 1. The summed E-state index contributed by atoms with van der Waals surface area (Å²) >= 11 is 0. The Morgan fingerprint density at radius 1 is 1.12 bits per heavy atom. The molecule has 0 radical (unpaired) electrons. The number of aliphatic hydroxyl groups excluding tert-OH is 1. The number of aliphatic hydroxyl groups is 1. The highest BCUT2D eigenvalue weighted by molar-refractivity contribution is 5.96. The van der Waals surface area contributed by atoms with E-state index in [0.29, 0.717) is 24.1 Å². The van der Waals surface area contributed by atoms with Crippen LogP contribution in [0.4, 0.5) is 0 Å². The number of carbonyl (C=O) groups excluding carboxylic acids is 2. The standard InChI is InChI=1S/C18H20N2O4/c19-18(24)14-10-13(6-7-16(14)22)17(23)11-20-9-8-15(21)12-4-2-1-3-5-12/h1-7,10,17,20,22-23H,8-9,11H2,(H2,19,24). The molecule has 1 atom stereocenters. The number of nitrogens with one attached hydrogen (secondary N) is 1. The third-order valence-corrected chi connectivity index (χ3v) is 3.63. The summed E-state index contributed by atoms with van der Waals surface area (Å²) in [5.74, 6) is -0.957. The first-order valence-corrected chi connectivity index (χ1v) is 7.59. The van der Waals surface area contributed by atoms with Crippen molar-refractivity contribution in [1.29, 1.82) is 0 Å². The fourth-order valence-electron chi connectivity index (χ4n) is 2.29. The van der Waals surface area contributed by atoms with Gasteiger partial charge in [0.1, 0.15) is 5.75 Å². The highest BCUT2D eigenvalue weighted by Gasteiger charge is 2.13. The van der Waals surface area contributed by atoms with Crippen LogP contribution in [0.25, 0.3) is 0 Å². The van der Waals surface area contributed by atoms with Gasteiger partial charge < -0.3 is 21.3 Å². The van der Waals surface area contributed by atoms with E-state index >= 15 is 0 Å². The molecule has 0 saturated heterocycles. The number of aromatic hydroxyl groups is 1. The van der Waals surface area contributed by atoms with Crippen molar-refractivity contribution >= 4 is 11.7 Å². The van der Waals surface area contributed by atoms with Gasteiger partial charge in [0.05, 0.1) is 11.7 Å². The van der Waals surface area contributed by atoms with Gasteiger partial charge in [-0.15, -0.1) is 0 Å². The Kier molecular flexibility index (Phi) is 6.06. The molecule has 6 heteroatoms. The van der Waals surface area contributed by atoms with Crippen LogP contribution < -0.4 is 11.1 Å². The van der Waals surface area contributed by atoms with Crippen molar-refractivity contribution in [3.05, 3.63) is 65.2 Å². The minimum atomic E-state index is -0.879. The second kappa shape index (κ2) is 8.24. The Morgan fingerprint density at radius 3 is 2.50 bits per heavy atom. The average Bonchev–Trinajstić information content (AvgIpc) is 2.59. The topological polar surface area (TPSA) is 113 Å². The number of amides is 1. The van der Waals surface area contributed by atoms with Gasteiger partial charge in [0.25, 0.3) is 5.91 Å². The molecule has 1 amide bonds. The third kappa shape index (κ3) is 4.65. The average molecular weight is 328 g/mol. The minimum Gasteiger partial charge on any atom is -0.507 e. The monoisotopic (exact) mass is 328 g/mol. The van der Waals surface area contributed by atoms with Crippen molar-refractivity contribution in [3.8, 4) is 5.75 Å². The van der Waals surface area contributed by atoms with Crippen molar-refractivity contribution in [2.24, 2.45) is 5.73 Å². The van der Waals surface area contributed by atoms with Gasteiger partial charge in [0.2, 0.25) is 0 Å². The fourth-order valence-corrected chi connectivity index (χ4v) is 2.29. The lowest BCUT2D eigenvalue weighted by molar-refractivity contribution is 0.0975. The lowest BCUT2D eigenvalue weighted by Gasteiger charge is -2.13. The molecule has 0 aliphatic heterocycles. The van der Waals surface area contributed by atoms with Gasteiger partial charge in [-0.1, -0.05) is 36.4 Å². The Labute approximate surface area is 139 Å². The molecule has 0 aliphatic rings. The number of primary amides is 1. The van der Waals surface area contributed by atoms with Crippen LogP contribution in [0.2, 0.25) is 0 Å². The summed E-state index contributed by atoms with van der Waals surface area (Å²) in [7, 11) is 0. The summed E-state index contributed by atoms with van der Waals surface area (Å²) in [6.45, 7) is 0.636. The molecule has 2 rings (SSSR count). The molecule has 6 nitrogen and oxygen atoms in total. The van der Waals surface area contributed by atoms with E-state index in [1.54, 1.807) is 12.1 Å². The second-order valence-corrected chi connectivity index (χ2v) is 5.40. The molecule has 0 spiro atoms. The molecule has 0 fully saturated rings. The largest absolute Gasteiger partial charge is 0.507 e. The predicted molar refractivity (Wildman–Crippen MR) is 89.8 cm³/mol. The highest BCUT2D eigenvalue weighted by atomic mass is 16.3. The fraction of sp³-hybridized carbons (Fsp3) is 0.222. The lowest BCUT2D eigenvalue weighted by atomic mass is 10.0. The molecule has 0 heterocycles. The molecule has 126 valence electrons. The van der Waals surface area contributed by atoms with E-state index in [1.165, 1.54) is 18.2 Å². The van der Waals surface area contributed by atoms with Crippen molar-refractivity contribution in [3.63, 3.8) is 0 Å². The van der Waals surface area contributed by atoms with Crippen molar-refractivity contribution in [1.82, 2.24) is 5.32 Å². The summed E-state index contributed by atoms with van der Waals surface area (Å²) in [5.41, 5.74) is 6.24. The zero-order valence-electron chi connectivity index (χ0n) is 13.1. The Morgan fingerprint density at radius 2 is 1.83 bits per heavy atom. The van der Waals surface area contributed by atoms with E-state index in [-0.39, 0.29) is 23.6 Å². The van der Waals surface area contributed by atoms with Crippen LogP contribution in [0.3, 0.4) is 0 Å². The Bertz CT molecular complexity index is 716. The summed E-state index contributed by atoms with van der Waals surface area (Å²) < 4.78 is 0. The first-order valence-electron chi connectivity index (χ1n) is 7.59. The molecule has 0 bridgehead atoms. The number of benzene rings is 2. The van der Waals surface area contributed by atoms with Gasteiger partial charge in [0.15, 0.2) is 5.78 Å². The maximum atomic E-state index is 11.9. The molecular formula is C18H20N2O4. The van der Waals surface area contributed by atoms with E-state index in [2.05, 4.69) is 5.32 Å². The molecule has 0 aromatic heterocycles. The molecule has 5 N–H and O–H groups in total. The third-order valence-electron chi connectivity index (χ3n) is 3.63. The van der Waals surface area contributed by atoms with Gasteiger partial charge >= 0.3 is 0 Å². The Hall–Kier alpha value is -2.70. The van der Waals surface area contributed by atoms with Crippen molar-refractivity contribution in [2.75, 3.05) is 13.1 Å². The number of rotatable bonds is 8. The van der Waals surface area contributed by atoms with Crippen LogP contribution in [0.5, 0.6) is 5.75 Å². The lowest BCUT2D eigenvalue weighted by Crippen LogP contribution is -2.24. The molecule has 2 aromatic rings. The smallest absolute Gasteiger partial charge is 0.252 e. The van der Waals surface area contributed by atoms with Crippen LogP contribution in [0, 0.1) is 0 Å². The first kappa shape index (κ1) is 17.7. The maximum absolute atomic E-state index is 11.9.